The maximum absolute atomic E-state index is 9.51. The molecule has 0 aromatic carbocycles. The smallest absolute Gasteiger partial charge is 0.0885 e. The van der Waals surface area contributed by atoms with Gasteiger partial charge in [0, 0.05) is 6.42 Å². The molecule has 0 amide bonds. The van der Waals surface area contributed by atoms with Crippen LogP contribution in [-0.2, 0) is 0 Å². The number of hydrogen-bond acceptors (Lipinski definition) is 1. The largest absolute Gasteiger partial charge is 0.513 e. The second-order valence-corrected chi connectivity index (χ2v) is 3.85. The maximum Gasteiger partial charge on any atom is 0.0885 e. The maximum atomic E-state index is 9.51. The summed E-state index contributed by atoms with van der Waals surface area (Å²) in [6.45, 7) is 6.49. The van der Waals surface area contributed by atoms with Gasteiger partial charge < -0.3 is 5.11 Å². The van der Waals surface area contributed by atoms with Crippen molar-refractivity contribution in [3.63, 3.8) is 0 Å². The fourth-order valence-corrected chi connectivity index (χ4v) is 1.26. The molecule has 0 aliphatic carbocycles. The monoisotopic (exact) mass is 184 g/mol. The van der Waals surface area contributed by atoms with Gasteiger partial charge in [-0.15, -0.1) is 0 Å². The molecule has 0 aliphatic heterocycles. The highest BCUT2D eigenvalue weighted by molar-refractivity contribution is 4.93. The summed E-state index contributed by atoms with van der Waals surface area (Å²) in [6, 6.07) is 0. The number of aliphatic hydroxyl groups excluding tert-OH is 1. The van der Waals surface area contributed by atoms with E-state index in [9.17, 15) is 5.11 Å². The van der Waals surface area contributed by atoms with Crippen molar-refractivity contribution in [3.8, 4) is 0 Å². The molecule has 78 valence electrons. The van der Waals surface area contributed by atoms with Gasteiger partial charge in [-0.25, -0.2) is 0 Å². The van der Waals surface area contributed by atoms with E-state index in [1.54, 1.807) is 0 Å². The molecule has 0 heterocycles. The van der Waals surface area contributed by atoms with Crippen LogP contribution in [0.25, 0.3) is 0 Å². The van der Waals surface area contributed by atoms with E-state index in [0.717, 1.165) is 19.3 Å². The van der Waals surface area contributed by atoms with Gasteiger partial charge in [0.1, 0.15) is 0 Å². The number of aliphatic hydroxyl groups is 1. The molecule has 0 radical (unpaired) electrons. The van der Waals surface area contributed by atoms with Crippen LogP contribution in [0.1, 0.15) is 59.3 Å². The van der Waals surface area contributed by atoms with Crippen molar-refractivity contribution in [1.29, 1.82) is 0 Å². The number of allylic oxidation sites excluding steroid dienone is 2. The molecule has 1 N–H and O–H groups in total. The van der Waals surface area contributed by atoms with Crippen LogP contribution in [0.3, 0.4) is 0 Å². The van der Waals surface area contributed by atoms with Crippen LogP contribution in [-0.4, -0.2) is 5.11 Å². The molecule has 13 heavy (non-hydrogen) atoms. The van der Waals surface area contributed by atoms with Crippen molar-refractivity contribution < 1.29 is 5.11 Å². The van der Waals surface area contributed by atoms with Gasteiger partial charge >= 0.3 is 0 Å². The Kier molecular flexibility index (Phi) is 7.86. The Morgan fingerprint density at radius 3 is 2.46 bits per heavy atom. The molecule has 0 rings (SSSR count). The van der Waals surface area contributed by atoms with E-state index in [1.807, 2.05) is 6.08 Å². The Bertz CT molecular complexity index is 138. The lowest BCUT2D eigenvalue weighted by Gasteiger charge is -2.04. The zero-order valence-corrected chi connectivity index (χ0v) is 9.34. The Morgan fingerprint density at radius 1 is 1.23 bits per heavy atom. The Labute approximate surface area is 82.9 Å². The lowest BCUT2D eigenvalue weighted by molar-refractivity contribution is 0.373. The zero-order valence-electron chi connectivity index (χ0n) is 9.34. The number of hydrogen-bond donors (Lipinski definition) is 1. The average molecular weight is 184 g/mol. The highest BCUT2D eigenvalue weighted by atomic mass is 16.3. The molecule has 1 unspecified atom stereocenters. The van der Waals surface area contributed by atoms with Gasteiger partial charge in [0.05, 0.1) is 5.76 Å². The Balaban J connectivity index is 3.49. The fraction of sp³-hybridized carbons (Fsp3) is 0.833. The summed E-state index contributed by atoms with van der Waals surface area (Å²) in [5.74, 6) is 1.11. The van der Waals surface area contributed by atoms with Crippen LogP contribution in [0, 0.1) is 5.92 Å². The molecule has 1 nitrogen and oxygen atoms in total. The molecule has 0 aromatic heterocycles. The van der Waals surface area contributed by atoms with Gasteiger partial charge in [-0.1, -0.05) is 40.0 Å². The van der Waals surface area contributed by atoms with E-state index >= 15 is 0 Å². The van der Waals surface area contributed by atoms with Crippen LogP contribution < -0.4 is 0 Å². The molecular formula is C12H24O. The van der Waals surface area contributed by atoms with E-state index < -0.39 is 0 Å². The van der Waals surface area contributed by atoms with E-state index in [2.05, 4.69) is 20.8 Å². The third kappa shape index (κ3) is 7.89. The summed E-state index contributed by atoms with van der Waals surface area (Å²) in [7, 11) is 0. The number of rotatable bonds is 7. The first-order valence-corrected chi connectivity index (χ1v) is 5.60. The Morgan fingerprint density at radius 2 is 1.92 bits per heavy atom. The van der Waals surface area contributed by atoms with Crippen molar-refractivity contribution in [3.05, 3.63) is 11.8 Å². The fourth-order valence-electron chi connectivity index (χ4n) is 1.26. The minimum atomic E-state index is 0.520. The molecule has 0 saturated carbocycles. The van der Waals surface area contributed by atoms with Crippen molar-refractivity contribution in [1.82, 2.24) is 0 Å². The van der Waals surface area contributed by atoms with Crippen LogP contribution >= 0.6 is 0 Å². The summed E-state index contributed by atoms with van der Waals surface area (Å²) in [6.07, 6.45) is 8.89. The van der Waals surface area contributed by atoms with Crippen molar-refractivity contribution in [2.75, 3.05) is 0 Å². The molecule has 1 atom stereocenters. The average Bonchev–Trinajstić information content (AvgIpc) is 2.12. The van der Waals surface area contributed by atoms with Crippen molar-refractivity contribution >= 4 is 0 Å². The van der Waals surface area contributed by atoms with Crippen molar-refractivity contribution in [2.45, 2.75) is 59.3 Å². The van der Waals surface area contributed by atoms with Crippen LogP contribution in [0.4, 0.5) is 0 Å². The predicted molar refractivity (Wildman–Crippen MR) is 58.9 cm³/mol. The van der Waals surface area contributed by atoms with Gasteiger partial charge in [-0.05, 0) is 24.8 Å². The van der Waals surface area contributed by atoms with E-state index in [0.29, 0.717) is 11.7 Å². The van der Waals surface area contributed by atoms with Gasteiger partial charge in [-0.2, -0.15) is 0 Å². The first kappa shape index (κ1) is 12.5. The lowest BCUT2D eigenvalue weighted by atomic mass is 10.1. The molecule has 0 saturated heterocycles. The minimum Gasteiger partial charge on any atom is -0.513 e. The molecule has 0 fully saturated rings. The first-order valence-electron chi connectivity index (χ1n) is 5.60. The minimum absolute atomic E-state index is 0.520. The topological polar surface area (TPSA) is 20.2 Å². The third-order valence-electron chi connectivity index (χ3n) is 2.41. The quantitative estimate of drug-likeness (QED) is 0.458. The predicted octanol–water partition coefficient (Wildman–Crippen LogP) is 4.44. The number of unbranched alkanes of at least 4 members (excludes halogenated alkanes) is 3. The van der Waals surface area contributed by atoms with Crippen LogP contribution in [0.2, 0.25) is 0 Å². The molecule has 0 aromatic rings. The van der Waals surface area contributed by atoms with E-state index in [-0.39, 0.29) is 0 Å². The highest BCUT2D eigenvalue weighted by Gasteiger charge is 1.97. The normalized spacial score (nSPS) is 14.5. The third-order valence-corrected chi connectivity index (χ3v) is 2.41. The zero-order chi connectivity index (χ0) is 10.1. The highest BCUT2D eigenvalue weighted by Crippen LogP contribution is 2.11. The van der Waals surface area contributed by atoms with Gasteiger partial charge in [0.2, 0.25) is 0 Å². The molecule has 0 aliphatic rings. The summed E-state index contributed by atoms with van der Waals surface area (Å²) >= 11 is 0. The lowest BCUT2D eigenvalue weighted by Crippen LogP contribution is -1.90. The van der Waals surface area contributed by atoms with Crippen LogP contribution in [0.5, 0.6) is 0 Å². The summed E-state index contributed by atoms with van der Waals surface area (Å²) < 4.78 is 0. The molecule has 0 bridgehead atoms. The second kappa shape index (κ2) is 8.15. The summed E-state index contributed by atoms with van der Waals surface area (Å²) in [5, 5.41) is 9.51. The van der Waals surface area contributed by atoms with Gasteiger partial charge in [0.25, 0.3) is 0 Å². The summed E-state index contributed by atoms with van der Waals surface area (Å²) in [5.41, 5.74) is 0. The molecule has 0 spiro atoms. The Hall–Kier alpha value is -0.460. The molecular weight excluding hydrogens is 160 g/mol. The van der Waals surface area contributed by atoms with Crippen molar-refractivity contribution in [2.24, 2.45) is 5.92 Å². The van der Waals surface area contributed by atoms with Gasteiger partial charge in [-0.3, -0.25) is 0 Å². The van der Waals surface area contributed by atoms with Crippen LogP contribution in [0.15, 0.2) is 11.8 Å². The van der Waals surface area contributed by atoms with E-state index in [1.165, 1.54) is 19.3 Å². The molecule has 1 heteroatoms. The second-order valence-electron chi connectivity index (χ2n) is 3.85. The summed E-state index contributed by atoms with van der Waals surface area (Å²) in [4.78, 5) is 0. The SMILES string of the molecule is CCCCCC/C(O)=C\C(C)CC. The van der Waals surface area contributed by atoms with E-state index in [4.69, 9.17) is 0 Å². The standard InChI is InChI=1S/C12H24O/c1-4-6-7-8-9-12(13)10-11(3)5-2/h10-11,13H,4-9H2,1-3H3/b12-10+. The van der Waals surface area contributed by atoms with Gasteiger partial charge in [0.15, 0.2) is 0 Å². The first-order chi connectivity index (χ1) is 6.20.